The summed E-state index contributed by atoms with van der Waals surface area (Å²) in [5.74, 6) is -1.10. The quantitative estimate of drug-likeness (QED) is 0.692. The summed E-state index contributed by atoms with van der Waals surface area (Å²) in [4.78, 5) is 22.9. The minimum atomic E-state index is -1.10. The number of carbonyl (C=O) groups is 2. The van der Waals surface area contributed by atoms with Crippen LogP contribution in [0.15, 0.2) is 30.3 Å². The molecule has 0 radical (unpaired) electrons. The summed E-state index contributed by atoms with van der Waals surface area (Å²) in [6.07, 6.45) is 1.76. The van der Waals surface area contributed by atoms with E-state index in [0.29, 0.717) is 0 Å². The van der Waals surface area contributed by atoms with Crippen LogP contribution in [-0.4, -0.2) is 45.4 Å². The Morgan fingerprint density at radius 1 is 1.29 bits per heavy atom. The Balaban J connectivity index is 2.53. The molecule has 0 fully saturated rings. The number of urea groups is 1. The molecule has 2 amide bonds. The van der Waals surface area contributed by atoms with Crippen LogP contribution in [0.2, 0.25) is 0 Å². The average molecular weight is 312 g/mol. The molecule has 6 nitrogen and oxygen atoms in total. The van der Waals surface area contributed by atoms with Crippen molar-refractivity contribution in [2.45, 2.75) is 24.6 Å². The first-order valence-corrected chi connectivity index (χ1v) is 8.15. The van der Waals surface area contributed by atoms with Crippen molar-refractivity contribution in [1.29, 1.82) is 0 Å². The molecule has 0 aromatic heterocycles. The molecule has 0 saturated carbocycles. The Morgan fingerprint density at radius 3 is 2.43 bits per heavy atom. The molecule has 7 heteroatoms. The third-order valence-electron chi connectivity index (χ3n) is 3.00. The molecule has 0 bridgehead atoms. The van der Waals surface area contributed by atoms with Gasteiger partial charge in [-0.15, -0.1) is 0 Å². The lowest BCUT2D eigenvalue weighted by Crippen LogP contribution is -2.48. The third kappa shape index (κ3) is 6.40. The zero-order valence-electron chi connectivity index (χ0n) is 12.0. The summed E-state index contributed by atoms with van der Waals surface area (Å²) in [6, 6.07) is 7.49. The standard InChI is InChI=1S/C14H20N2O4S/c1-10(21(2)20)9-15-14(19)16-12(13(17)18)8-11-6-4-3-5-7-11/h3-7,10,12H,8-9H2,1-2H3,(H,17,18)(H2,15,16,19). The maximum atomic E-state index is 11.7. The highest BCUT2D eigenvalue weighted by Gasteiger charge is 2.20. The zero-order chi connectivity index (χ0) is 15.8. The van der Waals surface area contributed by atoms with Crippen LogP contribution in [0.3, 0.4) is 0 Å². The lowest BCUT2D eigenvalue weighted by Gasteiger charge is -2.16. The second-order valence-corrected chi connectivity index (χ2v) is 6.55. The van der Waals surface area contributed by atoms with Gasteiger partial charge in [0.05, 0.1) is 0 Å². The van der Waals surface area contributed by atoms with E-state index in [2.05, 4.69) is 10.6 Å². The molecule has 0 aliphatic carbocycles. The number of amides is 2. The second-order valence-electron chi connectivity index (χ2n) is 4.74. The van der Waals surface area contributed by atoms with Gasteiger partial charge in [-0.2, -0.15) is 0 Å². The minimum absolute atomic E-state index is 0.187. The van der Waals surface area contributed by atoms with Crippen molar-refractivity contribution in [2.75, 3.05) is 12.8 Å². The minimum Gasteiger partial charge on any atom is -0.480 e. The molecular formula is C14H20N2O4S. The van der Waals surface area contributed by atoms with E-state index in [1.807, 2.05) is 18.2 Å². The van der Waals surface area contributed by atoms with Crippen LogP contribution in [0.5, 0.6) is 0 Å². The molecule has 0 heterocycles. The smallest absolute Gasteiger partial charge is 0.326 e. The first kappa shape index (κ1) is 17.2. The Labute approximate surface area is 126 Å². The van der Waals surface area contributed by atoms with Gasteiger partial charge >= 0.3 is 12.0 Å². The molecule has 3 atom stereocenters. The van der Waals surface area contributed by atoms with E-state index in [1.54, 1.807) is 25.3 Å². The van der Waals surface area contributed by atoms with E-state index < -0.39 is 28.8 Å². The lowest BCUT2D eigenvalue weighted by atomic mass is 10.1. The second kappa shape index (κ2) is 8.41. The fourth-order valence-electron chi connectivity index (χ4n) is 1.61. The summed E-state index contributed by atoms with van der Waals surface area (Å²) in [7, 11) is -1.04. The normalized spacial score (nSPS) is 14.8. The number of hydrogen-bond acceptors (Lipinski definition) is 3. The molecule has 3 N–H and O–H groups in total. The highest BCUT2D eigenvalue weighted by molar-refractivity contribution is 7.84. The summed E-state index contributed by atoms with van der Waals surface area (Å²) in [5.41, 5.74) is 0.827. The molecule has 0 saturated heterocycles. The number of carboxylic acid groups (broad SMARTS) is 1. The highest BCUT2D eigenvalue weighted by Crippen LogP contribution is 2.03. The summed E-state index contributed by atoms with van der Waals surface area (Å²) < 4.78 is 11.2. The van der Waals surface area contributed by atoms with Crippen LogP contribution in [0.25, 0.3) is 0 Å². The van der Waals surface area contributed by atoms with Crippen molar-refractivity contribution in [3.8, 4) is 0 Å². The number of carboxylic acids is 1. The lowest BCUT2D eigenvalue weighted by molar-refractivity contribution is -0.139. The van der Waals surface area contributed by atoms with Gasteiger partial charge < -0.3 is 15.7 Å². The molecule has 0 aliphatic rings. The molecule has 0 spiro atoms. The van der Waals surface area contributed by atoms with Gasteiger partial charge in [-0.05, 0) is 12.5 Å². The van der Waals surface area contributed by atoms with Gasteiger partial charge in [0.25, 0.3) is 0 Å². The van der Waals surface area contributed by atoms with Crippen molar-refractivity contribution in [3.05, 3.63) is 35.9 Å². The van der Waals surface area contributed by atoms with Gasteiger partial charge in [0.1, 0.15) is 6.04 Å². The summed E-state index contributed by atoms with van der Waals surface area (Å²) in [5, 5.41) is 13.9. The van der Waals surface area contributed by atoms with Crippen LogP contribution < -0.4 is 10.6 Å². The van der Waals surface area contributed by atoms with Gasteiger partial charge in [-0.25, -0.2) is 9.59 Å². The molecule has 3 unspecified atom stereocenters. The van der Waals surface area contributed by atoms with Gasteiger partial charge in [-0.1, -0.05) is 30.3 Å². The van der Waals surface area contributed by atoms with Crippen LogP contribution in [0, 0.1) is 0 Å². The number of carbonyl (C=O) groups excluding carboxylic acids is 1. The van der Waals surface area contributed by atoms with E-state index >= 15 is 0 Å². The topological polar surface area (TPSA) is 95.5 Å². The van der Waals surface area contributed by atoms with Gasteiger partial charge in [0.2, 0.25) is 0 Å². The Bertz CT molecular complexity index is 507. The molecular weight excluding hydrogens is 292 g/mol. The third-order valence-corrected chi connectivity index (χ3v) is 4.30. The van der Waals surface area contributed by atoms with Crippen molar-refractivity contribution < 1.29 is 18.9 Å². The molecule has 1 rings (SSSR count). The predicted molar refractivity (Wildman–Crippen MR) is 81.6 cm³/mol. The van der Waals surface area contributed by atoms with E-state index in [-0.39, 0.29) is 18.2 Å². The van der Waals surface area contributed by atoms with Crippen LogP contribution >= 0.6 is 0 Å². The highest BCUT2D eigenvalue weighted by atomic mass is 32.2. The Hall–Kier alpha value is -1.89. The molecule has 1 aromatic rings. The summed E-state index contributed by atoms with van der Waals surface area (Å²) in [6.45, 7) is 1.97. The molecule has 1 aromatic carbocycles. The number of hydrogen-bond donors (Lipinski definition) is 3. The molecule has 116 valence electrons. The first-order valence-electron chi connectivity index (χ1n) is 6.53. The van der Waals surface area contributed by atoms with E-state index in [0.717, 1.165) is 5.56 Å². The van der Waals surface area contributed by atoms with E-state index in [9.17, 15) is 13.8 Å². The van der Waals surface area contributed by atoms with Gasteiger partial charge in [0.15, 0.2) is 0 Å². The number of benzene rings is 1. The predicted octanol–water partition coefficient (Wildman–Crippen LogP) is 0.748. The van der Waals surface area contributed by atoms with Gasteiger partial charge in [-0.3, -0.25) is 4.21 Å². The van der Waals surface area contributed by atoms with Crippen molar-refractivity contribution in [2.24, 2.45) is 0 Å². The van der Waals surface area contributed by atoms with Crippen LogP contribution in [0.1, 0.15) is 12.5 Å². The Morgan fingerprint density at radius 2 is 1.90 bits per heavy atom. The number of nitrogens with one attached hydrogen (secondary N) is 2. The van der Waals surface area contributed by atoms with Crippen molar-refractivity contribution in [3.63, 3.8) is 0 Å². The fourth-order valence-corrected chi connectivity index (χ4v) is 1.93. The number of aliphatic carboxylic acids is 1. The Kier molecular flexibility index (Phi) is 6.87. The van der Waals surface area contributed by atoms with E-state index in [1.165, 1.54) is 0 Å². The van der Waals surface area contributed by atoms with Crippen LogP contribution in [-0.2, 0) is 22.0 Å². The molecule has 21 heavy (non-hydrogen) atoms. The van der Waals surface area contributed by atoms with Gasteiger partial charge in [0, 0.05) is 35.3 Å². The monoisotopic (exact) mass is 312 g/mol. The van der Waals surface area contributed by atoms with Crippen molar-refractivity contribution >= 4 is 22.8 Å². The number of rotatable bonds is 7. The first-order chi connectivity index (χ1) is 9.90. The zero-order valence-corrected chi connectivity index (χ0v) is 12.9. The van der Waals surface area contributed by atoms with Crippen LogP contribution in [0.4, 0.5) is 4.79 Å². The van der Waals surface area contributed by atoms with Crippen molar-refractivity contribution in [1.82, 2.24) is 10.6 Å². The largest absolute Gasteiger partial charge is 0.480 e. The SMILES string of the molecule is CC(CNC(=O)NC(Cc1ccccc1)C(=O)O)S(C)=O. The maximum absolute atomic E-state index is 11.7. The fraction of sp³-hybridized carbons (Fsp3) is 0.429. The van der Waals surface area contributed by atoms with E-state index in [4.69, 9.17) is 5.11 Å². The summed E-state index contributed by atoms with van der Waals surface area (Å²) >= 11 is 0. The molecule has 0 aliphatic heterocycles. The maximum Gasteiger partial charge on any atom is 0.326 e. The average Bonchev–Trinajstić information content (AvgIpc) is 2.44.